The van der Waals surface area contributed by atoms with E-state index in [0.717, 1.165) is 57.2 Å². The number of nitrogens with zero attached hydrogens (tertiary/aromatic N) is 2. The van der Waals surface area contributed by atoms with Gasteiger partial charge in [-0.3, -0.25) is 4.79 Å². The fourth-order valence-corrected chi connectivity index (χ4v) is 3.85. The van der Waals surface area contributed by atoms with Crippen LogP contribution in [0.1, 0.15) is 56.1 Å². The van der Waals surface area contributed by atoms with Crippen LogP contribution in [0.4, 0.5) is 10.1 Å². The normalized spacial score (nSPS) is 18.7. The summed E-state index contributed by atoms with van der Waals surface area (Å²) >= 11 is 0. The number of hydrogen-bond donors (Lipinski definition) is 1. The van der Waals surface area contributed by atoms with Crippen LogP contribution in [0.15, 0.2) is 17.7 Å². The molecule has 2 aliphatic rings. The van der Waals surface area contributed by atoms with Gasteiger partial charge in [-0.2, -0.15) is 5.26 Å². The van der Waals surface area contributed by atoms with Crippen molar-refractivity contribution in [3.8, 4) is 6.07 Å². The summed E-state index contributed by atoms with van der Waals surface area (Å²) in [4.78, 5) is 14.5. The molecule has 0 spiro atoms. The molecule has 1 aliphatic heterocycles. The van der Waals surface area contributed by atoms with Crippen molar-refractivity contribution in [3.63, 3.8) is 0 Å². The molecule has 4 nitrogen and oxygen atoms in total. The van der Waals surface area contributed by atoms with Crippen molar-refractivity contribution in [1.29, 1.82) is 5.26 Å². The molecule has 1 N–H and O–H groups in total. The van der Waals surface area contributed by atoms with E-state index in [-0.39, 0.29) is 23.3 Å². The van der Waals surface area contributed by atoms with Gasteiger partial charge in [0, 0.05) is 19.1 Å². The highest BCUT2D eigenvalue weighted by Crippen LogP contribution is 2.28. The Morgan fingerprint density at radius 1 is 1.23 bits per heavy atom. The number of amides is 1. The van der Waals surface area contributed by atoms with E-state index < -0.39 is 0 Å². The fourth-order valence-electron chi connectivity index (χ4n) is 3.85. The van der Waals surface area contributed by atoms with Gasteiger partial charge >= 0.3 is 0 Å². The highest BCUT2D eigenvalue weighted by molar-refractivity contribution is 6.02. The van der Waals surface area contributed by atoms with Crippen LogP contribution in [0, 0.1) is 24.1 Å². The van der Waals surface area contributed by atoms with Gasteiger partial charge in [0.25, 0.3) is 5.91 Å². The number of halogens is 1. The van der Waals surface area contributed by atoms with Crippen LogP contribution in [-0.2, 0) is 4.79 Å². The number of hydrogen-bond acceptors (Lipinski definition) is 3. The summed E-state index contributed by atoms with van der Waals surface area (Å²) < 4.78 is 14.6. The first kappa shape index (κ1) is 18.4. The molecule has 3 rings (SSSR count). The molecule has 5 heteroatoms. The summed E-state index contributed by atoms with van der Waals surface area (Å²) in [5, 5.41) is 12.3. The molecule has 1 aliphatic carbocycles. The van der Waals surface area contributed by atoms with Gasteiger partial charge in [-0.1, -0.05) is 19.3 Å². The third-order valence-electron chi connectivity index (χ3n) is 5.39. The molecule has 26 heavy (non-hydrogen) atoms. The van der Waals surface area contributed by atoms with Gasteiger partial charge < -0.3 is 10.2 Å². The molecule has 138 valence electrons. The minimum Gasteiger partial charge on any atom is -0.369 e. The number of nitriles is 1. The summed E-state index contributed by atoms with van der Waals surface area (Å²) in [6.45, 7) is 3.64. The van der Waals surface area contributed by atoms with Gasteiger partial charge in [0.15, 0.2) is 0 Å². The number of benzene rings is 1. The Bertz CT molecular complexity index is 738. The lowest BCUT2D eigenvalue weighted by Gasteiger charge is -2.22. The van der Waals surface area contributed by atoms with Crippen LogP contribution in [0.2, 0.25) is 0 Å². The van der Waals surface area contributed by atoms with E-state index in [1.807, 2.05) is 19.1 Å². The quantitative estimate of drug-likeness (QED) is 0.654. The second-order valence-corrected chi connectivity index (χ2v) is 7.33. The van der Waals surface area contributed by atoms with Gasteiger partial charge in [-0.25, -0.2) is 4.39 Å². The zero-order valence-electron chi connectivity index (χ0n) is 15.4. The zero-order valence-corrected chi connectivity index (χ0v) is 15.4. The Morgan fingerprint density at radius 3 is 2.58 bits per heavy atom. The molecule has 1 saturated carbocycles. The van der Waals surface area contributed by atoms with E-state index in [1.165, 1.54) is 18.6 Å². The maximum absolute atomic E-state index is 14.6. The first-order chi connectivity index (χ1) is 12.6. The molecule has 0 bridgehead atoms. The molecular weight excluding hydrogens is 329 g/mol. The molecule has 1 aromatic rings. The zero-order chi connectivity index (χ0) is 18.5. The number of carbonyl (C=O) groups excluding carboxylic acids is 1. The van der Waals surface area contributed by atoms with Crippen LogP contribution < -0.4 is 10.2 Å². The van der Waals surface area contributed by atoms with Crippen LogP contribution in [0.3, 0.4) is 0 Å². The van der Waals surface area contributed by atoms with E-state index in [9.17, 15) is 14.4 Å². The number of carbonyl (C=O) groups is 1. The highest BCUT2D eigenvalue weighted by atomic mass is 19.1. The number of anilines is 1. The smallest absolute Gasteiger partial charge is 0.262 e. The topological polar surface area (TPSA) is 56.1 Å². The maximum Gasteiger partial charge on any atom is 0.262 e. The second kappa shape index (κ2) is 8.35. The third-order valence-corrected chi connectivity index (χ3v) is 5.39. The number of aryl methyl sites for hydroxylation is 1. The predicted molar refractivity (Wildman–Crippen MR) is 101 cm³/mol. The van der Waals surface area contributed by atoms with E-state index in [4.69, 9.17) is 0 Å². The lowest BCUT2D eigenvalue weighted by atomic mass is 9.95. The molecule has 1 heterocycles. The molecule has 0 aromatic heterocycles. The molecule has 0 radical (unpaired) electrons. The van der Waals surface area contributed by atoms with Gasteiger partial charge in [0.2, 0.25) is 0 Å². The second-order valence-electron chi connectivity index (χ2n) is 7.33. The molecular formula is C21H26FN3O. The fraction of sp³-hybridized carbons (Fsp3) is 0.524. The summed E-state index contributed by atoms with van der Waals surface area (Å²) in [6.07, 6.45) is 9.02. The monoisotopic (exact) mass is 355 g/mol. The minimum atomic E-state index is -0.358. The Hall–Kier alpha value is -2.35. The summed E-state index contributed by atoms with van der Waals surface area (Å²) in [7, 11) is 0. The van der Waals surface area contributed by atoms with Crippen molar-refractivity contribution in [3.05, 3.63) is 34.6 Å². The Kier molecular flexibility index (Phi) is 5.92. The van der Waals surface area contributed by atoms with E-state index >= 15 is 0 Å². The standard InChI is InChI=1S/C21H26FN3O/c1-15-11-20(25-9-5-6-10-25)19(22)13-16(15)12-17(14-23)21(26)24-18-7-3-2-4-8-18/h11-13,18H,2-10H2,1H3,(H,24,26)/b17-12-. The van der Waals surface area contributed by atoms with Crippen molar-refractivity contribution in [2.45, 2.75) is 57.9 Å². The maximum atomic E-state index is 14.6. The third kappa shape index (κ3) is 4.24. The molecule has 1 saturated heterocycles. The predicted octanol–water partition coefficient (Wildman–Crippen LogP) is 4.09. The molecule has 1 aromatic carbocycles. The van der Waals surface area contributed by atoms with Crippen molar-refractivity contribution in [2.24, 2.45) is 0 Å². The van der Waals surface area contributed by atoms with Crippen LogP contribution in [-0.4, -0.2) is 25.0 Å². The van der Waals surface area contributed by atoms with E-state index in [1.54, 1.807) is 0 Å². The molecule has 1 amide bonds. The number of rotatable bonds is 4. The van der Waals surface area contributed by atoms with E-state index in [0.29, 0.717) is 11.3 Å². The molecule has 2 fully saturated rings. The van der Waals surface area contributed by atoms with Gasteiger partial charge in [0.05, 0.1) is 5.69 Å². The lowest BCUT2D eigenvalue weighted by Crippen LogP contribution is -2.36. The first-order valence-corrected chi connectivity index (χ1v) is 9.56. The summed E-state index contributed by atoms with van der Waals surface area (Å²) in [6, 6.07) is 5.37. The van der Waals surface area contributed by atoms with Crippen LogP contribution in [0.5, 0.6) is 0 Å². The minimum absolute atomic E-state index is 0.0343. The van der Waals surface area contributed by atoms with Gasteiger partial charge in [-0.15, -0.1) is 0 Å². The number of nitrogens with one attached hydrogen (secondary N) is 1. The largest absolute Gasteiger partial charge is 0.369 e. The Morgan fingerprint density at radius 2 is 1.92 bits per heavy atom. The van der Waals surface area contributed by atoms with Crippen molar-refractivity contribution >= 4 is 17.7 Å². The molecule has 0 atom stereocenters. The van der Waals surface area contributed by atoms with Crippen molar-refractivity contribution in [2.75, 3.05) is 18.0 Å². The summed E-state index contributed by atoms with van der Waals surface area (Å²) in [5.41, 5.74) is 2.10. The van der Waals surface area contributed by atoms with Crippen LogP contribution in [0.25, 0.3) is 6.08 Å². The van der Waals surface area contributed by atoms with Gasteiger partial charge in [0.1, 0.15) is 17.5 Å². The van der Waals surface area contributed by atoms with Gasteiger partial charge in [-0.05, 0) is 61.9 Å². The Balaban J connectivity index is 1.78. The van der Waals surface area contributed by atoms with Crippen molar-refractivity contribution in [1.82, 2.24) is 5.32 Å². The van der Waals surface area contributed by atoms with Crippen LogP contribution >= 0.6 is 0 Å². The average Bonchev–Trinajstić information content (AvgIpc) is 3.17. The van der Waals surface area contributed by atoms with Crippen molar-refractivity contribution < 1.29 is 9.18 Å². The SMILES string of the molecule is Cc1cc(N2CCCC2)c(F)cc1/C=C(/C#N)C(=O)NC1CCCCC1. The lowest BCUT2D eigenvalue weighted by molar-refractivity contribution is -0.117. The Labute approximate surface area is 154 Å². The highest BCUT2D eigenvalue weighted by Gasteiger charge is 2.20. The average molecular weight is 355 g/mol. The first-order valence-electron chi connectivity index (χ1n) is 9.56. The molecule has 0 unspecified atom stereocenters. The summed E-state index contributed by atoms with van der Waals surface area (Å²) in [5.74, 6) is -0.656. The van der Waals surface area contributed by atoms with E-state index in [2.05, 4.69) is 10.2 Å².